The highest BCUT2D eigenvalue weighted by molar-refractivity contribution is 9.10. The molecule has 0 spiro atoms. The van der Waals surface area contributed by atoms with E-state index in [-0.39, 0.29) is 18.4 Å². The molecule has 6 nitrogen and oxygen atoms in total. The van der Waals surface area contributed by atoms with Gasteiger partial charge in [-0.2, -0.15) is 5.10 Å². The average molecular weight is 321 g/mol. The van der Waals surface area contributed by atoms with Crippen LogP contribution >= 0.6 is 15.9 Å². The van der Waals surface area contributed by atoms with E-state index in [1.165, 1.54) is 6.20 Å². The summed E-state index contributed by atoms with van der Waals surface area (Å²) in [4.78, 5) is 25.7. The molecule has 3 N–H and O–H groups in total. The summed E-state index contributed by atoms with van der Waals surface area (Å²) in [5.41, 5.74) is 6.94. The molecule has 0 aliphatic carbocycles. The monoisotopic (exact) mass is 320 g/mol. The van der Waals surface area contributed by atoms with Crippen LogP contribution in [-0.4, -0.2) is 22.0 Å². The number of hydrogen-bond acceptors (Lipinski definition) is 4. The summed E-state index contributed by atoms with van der Waals surface area (Å²) < 4.78 is 0.748. The number of anilines is 1. The molecule has 3 rings (SSSR count). The fourth-order valence-electron chi connectivity index (χ4n) is 2.06. The molecule has 1 aromatic carbocycles. The SMILES string of the molecule is NCc1cn[nH]c1N1C(=O)c2ccc(Br)cc2C1=O. The lowest BCUT2D eigenvalue weighted by molar-refractivity contribution is 0.0924. The lowest BCUT2D eigenvalue weighted by atomic mass is 10.1. The third kappa shape index (κ3) is 1.70. The zero-order valence-electron chi connectivity index (χ0n) is 9.68. The summed E-state index contributed by atoms with van der Waals surface area (Å²) in [5.74, 6) is -0.406. The number of rotatable bonds is 2. The van der Waals surface area contributed by atoms with Crippen molar-refractivity contribution in [3.63, 3.8) is 0 Å². The second-order valence-electron chi connectivity index (χ2n) is 4.08. The molecule has 1 aliphatic rings. The fourth-order valence-corrected chi connectivity index (χ4v) is 2.42. The highest BCUT2D eigenvalue weighted by Gasteiger charge is 2.38. The van der Waals surface area contributed by atoms with E-state index >= 15 is 0 Å². The van der Waals surface area contributed by atoms with Gasteiger partial charge in [-0.25, -0.2) is 4.90 Å². The van der Waals surface area contributed by atoms with Gasteiger partial charge in [-0.15, -0.1) is 0 Å². The molecule has 2 amide bonds. The van der Waals surface area contributed by atoms with Crippen molar-refractivity contribution in [3.8, 4) is 0 Å². The van der Waals surface area contributed by atoms with Crippen LogP contribution in [-0.2, 0) is 6.54 Å². The number of imide groups is 1. The molecule has 7 heteroatoms. The molecule has 0 bridgehead atoms. The Labute approximate surface area is 116 Å². The zero-order valence-corrected chi connectivity index (χ0v) is 11.3. The Bertz CT molecular complexity index is 695. The maximum atomic E-state index is 12.3. The first-order valence-electron chi connectivity index (χ1n) is 5.54. The standard InChI is InChI=1S/C12H9BrN4O2/c13-7-1-2-8-9(3-7)12(19)17(11(8)18)10-6(4-14)5-15-16-10/h1-3,5H,4,14H2,(H,15,16). The lowest BCUT2D eigenvalue weighted by Gasteiger charge is -2.12. The Morgan fingerprint density at radius 2 is 2.00 bits per heavy atom. The van der Waals surface area contributed by atoms with E-state index in [9.17, 15) is 9.59 Å². The van der Waals surface area contributed by atoms with Crippen LogP contribution in [0.25, 0.3) is 0 Å². The summed E-state index contributed by atoms with van der Waals surface area (Å²) >= 11 is 3.29. The molecular formula is C12H9BrN4O2. The number of carbonyl (C=O) groups excluding carboxylic acids is 2. The molecule has 0 fully saturated rings. The van der Waals surface area contributed by atoms with E-state index in [2.05, 4.69) is 26.1 Å². The first kappa shape index (κ1) is 12.1. The number of aromatic amines is 1. The highest BCUT2D eigenvalue weighted by atomic mass is 79.9. The van der Waals surface area contributed by atoms with Crippen LogP contribution in [0.3, 0.4) is 0 Å². The van der Waals surface area contributed by atoms with Crippen molar-refractivity contribution < 1.29 is 9.59 Å². The quantitative estimate of drug-likeness (QED) is 0.819. The second kappa shape index (κ2) is 4.29. The van der Waals surface area contributed by atoms with Crippen LogP contribution in [0.15, 0.2) is 28.9 Å². The van der Waals surface area contributed by atoms with Gasteiger partial charge in [-0.3, -0.25) is 14.7 Å². The van der Waals surface area contributed by atoms with E-state index in [0.29, 0.717) is 22.5 Å². The van der Waals surface area contributed by atoms with Crippen LogP contribution in [0.5, 0.6) is 0 Å². The van der Waals surface area contributed by atoms with Crippen molar-refractivity contribution in [2.45, 2.75) is 6.54 Å². The summed E-state index contributed by atoms with van der Waals surface area (Å²) in [6.07, 6.45) is 1.51. The minimum absolute atomic E-state index is 0.197. The first-order valence-corrected chi connectivity index (χ1v) is 6.33. The Balaban J connectivity index is 2.13. The minimum atomic E-state index is -0.375. The molecule has 96 valence electrons. The van der Waals surface area contributed by atoms with Gasteiger partial charge in [0.2, 0.25) is 0 Å². The number of carbonyl (C=O) groups is 2. The van der Waals surface area contributed by atoms with Gasteiger partial charge in [0.25, 0.3) is 11.8 Å². The number of nitrogens with zero attached hydrogens (tertiary/aromatic N) is 2. The van der Waals surface area contributed by atoms with Gasteiger partial charge in [0.05, 0.1) is 17.3 Å². The van der Waals surface area contributed by atoms with Gasteiger partial charge >= 0.3 is 0 Å². The fraction of sp³-hybridized carbons (Fsp3) is 0.0833. The molecule has 0 saturated heterocycles. The average Bonchev–Trinajstić information content (AvgIpc) is 2.94. The predicted molar refractivity (Wildman–Crippen MR) is 71.8 cm³/mol. The Morgan fingerprint density at radius 1 is 1.26 bits per heavy atom. The maximum absolute atomic E-state index is 12.3. The van der Waals surface area contributed by atoms with Crippen molar-refractivity contribution in [2.24, 2.45) is 5.73 Å². The van der Waals surface area contributed by atoms with Gasteiger partial charge in [0, 0.05) is 16.6 Å². The van der Waals surface area contributed by atoms with Crippen LogP contribution < -0.4 is 10.6 Å². The second-order valence-corrected chi connectivity index (χ2v) is 5.00. The highest BCUT2D eigenvalue weighted by Crippen LogP contribution is 2.30. The smallest absolute Gasteiger partial charge is 0.267 e. The van der Waals surface area contributed by atoms with Crippen LogP contribution in [0, 0.1) is 0 Å². The minimum Gasteiger partial charge on any atom is -0.326 e. The number of hydrogen-bond donors (Lipinski definition) is 2. The molecule has 0 unspecified atom stereocenters. The lowest BCUT2D eigenvalue weighted by Crippen LogP contribution is -2.30. The van der Waals surface area contributed by atoms with Crippen molar-refractivity contribution >= 4 is 33.6 Å². The van der Waals surface area contributed by atoms with Gasteiger partial charge in [0.1, 0.15) is 5.82 Å². The first-order chi connectivity index (χ1) is 9.13. The third-order valence-corrected chi connectivity index (χ3v) is 3.48. The van der Waals surface area contributed by atoms with Gasteiger partial charge < -0.3 is 5.73 Å². The Kier molecular flexibility index (Phi) is 2.72. The summed E-state index contributed by atoms with van der Waals surface area (Å²) in [6, 6.07) is 4.98. The van der Waals surface area contributed by atoms with E-state index in [0.717, 1.165) is 9.37 Å². The Morgan fingerprint density at radius 3 is 2.74 bits per heavy atom. The molecule has 1 aliphatic heterocycles. The topological polar surface area (TPSA) is 92.1 Å². The molecule has 19 heavy (non-hydrogen) atoms. The predicted octanol–water partition coefficient (Wildman–Crippen LogP) is 1.43. The van der Waals surface area contributed by atoms with Gasteiger partial charge in [0.15, 0.2) is 0 Å². The molecule has 2 aromatic rings. The molecule has 0 radical (unpaired) electrons. The number of nitrogens with one attached hydrogen (secondary N) is 1. The number of amides is 2. The Hall–Kier alpha value is -1.99. The zero-order chi connectivity index (χ0) is 13.6. The van der Waals surface area contributed by atoms with Crippen molar-refractivity contribution in [1.29, 1.82) is 0 Å². The number of H-pyrrole nitrogens is 1. The number of nitrogens with two attached hydrogens (primary N) is 1. The van der Waals surface area contributed by atoms with Crippen LogP contribution in [0.1, 0.15) is 26.3 Å². The molecular weight excluding hydrogens is 312 g/mol. The van der Waals surface area contributed by atoms with Crippen molar-refractivity contribution in [2.75, 3.05) is 4.90 Å². The van der Waals surface area contributed by atoms with E-state index in [1.54, 1.807) is 18.2 Å². The number of benzene rings is 1. The van der Waals surface area contributed by atoms with Crippen molar-refractivity contribution in [1.82, 2.24) is 10.2 Å². The van der Waals surface area contributed by atoms with E-state index in [4.69, 9.17) is 5.73 Å². The summed E-state index contributed by atoms with van der Waals surface area (Å²) in [5, 5.41) is 6.48. The molecule has 0 saturated carbocycles. The number of fused-ring (bicyclic) bond motifs is 1. The normalized spacial score (nSPS) is 14.1. The van der Waals surface area contributed by atoms with E-state index in [1.807, 2.05) is 0 Å². The third-order valence-electron chi connectivity index (χ3n) is 2.99. The molecule has 0 atom stereocenters. The summed E-state index contributed by atoms with van der Waals surface area (Å²) in [7, 11) is 0. The summed E-state index contributed by atoms with van der Waals surface area (Å²) in [6.45, 7) is 0.197. The largest absolute Gasteiger partial charge is 0.326 e. The molecule has 1 aromatic heterocycles. The number of aromatic nitrogens is 2. The van der Waals surface area contributed by atoms with E-state index < -0.39 is 0 Å². The maximum Gasteiger partial charge on any atom is 0.267 e. The van der Waals surface area contributed by atoms with Crippen LogP contribution in [0.4, 0.5) is 5.82 Å². The van der Waals surface area contributed by atoms with Crippen molar-refractivity contribution in [3.05, 3.63) is 45.6 Å². The van der Waals surface area contributed by atoms with Gasteiger partial charge in [-0.05, 0) is 18.2 Å². The molecule has 2 heterocycles. The van der Waals surface area contributed by atoms with Gasteiger partial charge in [-0.1, -0.05) is 15.9 Å². The van der Waals surface area contributed by atoms with Crippen LogP contribution in [0.2, 0.25) is 0 Å². The number of halogens is 1.